The van der Waals surface area contributed by atoms with Gasteiger partial charge in [-0.2, -0.15) is 0 Å². The summed E-state index contributed by atoms with van der Waals surface area (Å²) in [5, 5.41) is 63.1. The molecular formula is C29H34O14. The van der Waals surface area contributed by atoms with Crippen LogP contribution in [0, 0.1) is 0 Å². The quantitative estimate of drug-likeness (QED) is 0.224. The highest BCUT2D eigenvalue weighted by Crippen LogP contribution is 2.42. The molecule has 11 atom stereocenters. The first-order chi connectivity index (χ1) is 20.5. The van der Waals surface area contributed by atoms with Gasteiger partial charge in [-0.3, -0.25) is 9.59 Å². The van der Waals surface area contributed by atoms with Gasteiger partial charge in [-0.05, 0) is 12.5 Å². The number of carbonyl (C=O) groups is 2. The van der Waals surface area contributed by atoms with Gasteiger partial charge in [-0.15, -0.1) is 0 Å². The van der Waals surface area contributed by atoms with Crippen molar-refractivity contribution in [1.82, 2.24) is 0 Å². The van der Waals surface area contributed by atoms with Gasteiger partial charge in [0.2, 0.25) is 6.29 Å². The highest BCUT2D eigenvalue weighted by Gasteiger charge is 2.52. The molecule has 234 valence electrons. The van der Waals surface area contributed by atoms with E-state index >= 15 is 0 Å². The highest BCUT2D eigenvalue weighted by atomic mass is 16.8. The lowest BCUT2D eigenvalue weighted by atomic mass is 9.95. The number of ether oxygens (including phenoxy) is 6. The van der Waals surface area contributed by atoms with E-state index < -0.39 is 85.8 Å². The van der Waals surface area contributed by atoms with Crippen LogP contribution < -0.4 is 9.47 Å². The van der Waals surface area contributed by atoms with Crippen LogP contribution in [0.2, 0.25) is 0 Å². The Hall–Kier alpha value is -3.34. The Kier molecular flexibility index (Phi) is 9.20. The van der Waals surface area contributed by atoms with Crippen LogP contribution in [-0.4, -0.2) is 110 Å². The second-order valence-electron chi connectivity index (χ2n) is 10.7. The topological polar surface area (TPSA) is 211 Å². The first-order valence-electron chi connectivity index (χ1n) is 13.7. The Labute approximate surface area is 245 Å². The summed E-state index contributed by atoms with van der Waals surface area (Å²) in [6, 6.07) is 11.5. The molecule has 0 saturated carbocycles. The van der Waals surface area contributed by atoms with Crippen molar-refractivity contribution in [2.24, 2.45) is 0 Å². The molecule has 2 aromatic carbocycles. The predicted molar refractivity (Wildman–Crippen MR) is 142 cm³/mol. The fraction of sp³-hybridized carbons (Fsp3) is 0.517. The highest BCUT2D eigenvalue weighted by molar-refractivity contribution is 6.02. The number of fused-ring (bicyclic) bond motifs is 1. The molecule has 14 heteroatoms. The first kappa shape index (κ1) is 31.1. The lowest BCUT2D eigenvalue weighted by Gasteiger charge is -2.46. The van der Waals surface area contributed by atoms with E-state index in [0.717, 1.165) is 18.6 Å². The van der Waals surface area contributed by atoms with E-state index in [1.807, 2.05) is 6.07 Å². The number of aromatic hydroxyl groups is 1. The van der Waals surface area contributed by atoms with Gasteiger partial charge in [-0.1, -0.05) is 30.3 Å². The molecule has 0 bridgehead atoms. The minimum Gasteiger partial charge on any atom is -0.507 e. The molecule has 3 aliphatic heterocycles. The van der Waals surface area contributed by atoms with Crippen molar-refractivity contribution in [3.8, 4) is 17.2 Å². The zero-order valence-electron chi connectivity index (χ0n) is 23.3. The third-order valence-electron chi connectivity index (χ3n) is 7.60. The molecule has 11 unspecified atom stereocenters. The minimum absolute atomic E-state index is 0.000139. The van der Waals surface area contributed by atoms with Gasteiger partial charge < -0.3 is 59.1 Å². The Bertz CT molecular complexity index is 1300. The van der Waals surface area contributed by atoms with E-state index in [9.17, 15) is 40.2 Å². The summed E-state index contributed by atoms with van der Waals surface area (Å²) in [5.74, 6) is -1.61. The van der Waals surface area contributed by atoms with Crippen molar-refractivity contribution in [3.05, 3.63) is 53.6 Å². The number of hydrogen-bond acceptors (Lipinski definition) is 14. The SMILES string of the molecule is CC(=O)OC1C(O)C(C)OC(OC2C(Oc3cc(O)c4c(c3)OC(c3ccccc3)CC4=O)OC(CO)C(O)C2O)C1O. The maximum Gasteiger partial charge on any atom is 0.303 e. The van der Waals surface area contributed by atoms with Gasteiger partial charge in [0, 0.05) is 19.1 Å². The number of hydrogen-bond donors (Lipinski definition) is 6. The zero-order chi connectivity index (χ0) is 31.0. The second-order valence-corrected chi connectivity index (χ2v) is 10.7. The number of phenolic OH excluding ortho intramolecular Hbond substituents is 1. The second kappa shape index (κ2) is 12.7. The van der Waals surface area contributed by atoms with Crippen LogP contribution in [0.25, 0.3) is 0 Å². The summed E-state index contributed by atoms with van der Waals surface area (Å²) in [6.07, 6.45) is -15.7. The third-order valence-corrected chi connectivity index (χ3v) is 7.60. The maximum absolute atomic E-state index is 12.9. The number of Topliss-reactive ketones (excluding diaryl/α,β-unsaturated/α-hetero) is 1. The molecule has 0 aromatic heterocycles. The number of aliphatic hydroxyl groups is 5. The van der Waals surface area contributed by atoms with Gasteiger partial charge in [-0.25, -0.2) is 0 Å². The normalized spacial score (nSPS) is 35.9. The fourth-order valence-electron chi connectivity index (χ4n) is 5.36. The molecule has 5 rings (SSSR count). The Morgan fingerprint density at radius 2 is 1.67 bits per heavy atom. The van der Waals surface area contributed by atoms with Gasteiger partial charge in [0.05, 0.1) is 19.1 Å². The summed E-state index contributed by atoms with van der Waals surface area (Å²) in [6.45, 7) is 1.83. The monoisotopic (exact) mass is 606 g/mol. The summed E-state index contributed by atoms with van der Waals surface area (Å²) >= 11 is 0. The molecule has 2 saturated heterocycles. The fourth-order valence-corrected chi connectivity index (χ4v) is 5.36. The molecule has 43 heavy (non-hydrogen) atoms. The van der Waals surface area contributed by atoms with Crippen molar-refractivity contribution in [3.63, 3.8) is 0 Å². The summed E-state index contributed by atoms with van der Waals surface area (Å²) < 4.78 is 34.0. The molecule has 14 nitrogen and oxygen atoms in total. The summed E-state index contributed by atoms with van der Waals surface area (Å²) in [7, 11) is 0. The van der Waals surface area contributed by atoms with Crippen molar-refractivity contribution < 1.29 is 68.6 Å². The van der Waals surface area contributed by atoms with Crippen LogP contribution in [0.4, 0.5) is 0 Å². The predicted octanol–water partition coefficient (Wildman–Crippen LogP) is -0.300. The number of ketones is 1. The van der Waals surface area contributed by atoms with Crippen molar-refractivity contribution in [2.45, 2.75) is 87.8 Å². The Balaban J connectivity index is 1.41. The molecule has 0 radical (unpaired) electrons. The van der Waals surface area contributed by atoms with E-state index in [1.54, 1.807) is 24.3 Å². The minimum atomic E-state index is -1.76. The number of aliphatic hydroxyl groups excluding tert-OH is 5. The molecule has 2 aromatic rings. The molecule has 3 aliphatic rings. The maximum atomic E-state index is 12.9. The molecule has 6 N–H and O–H groups in total. The number of rotatable bonds is 7. The molecule has 2 fully saturated rings. The van der Waals surface area contributed by atoms with Crippen LogP contribution >= 0.6 is 0 Å². The standard InChI is InChI=1S/C29H34O14/c1-12-22(34)26(39-13(2)31)25(37)28(38-12)43-27-24(36)23(35)20(11-30)42-29(27)40-15-8-16(32)21-17(33)10-18(41-19(21)9-15)14-6-4-3-5-7-14/h3-9,12,18,20,22-30,32,34-37H,10-11H2,1-2H3. The smallest absolute Gasteiger partial charge is 0.303 e. The zero-order valence-corrected chi connectivity index (χ0v) is 23.3. The number of phenols is 1. The van der Waals surface area contributed by atoms with Crippen LogP contribution in [0.3, 0.4) is 0 Å². The molecule has 0 amide bonds. The van der Waals surface area contributed by atoms with E-state index in [2.05, 4.69) is 0 Å². The largest absolute Gasteiger partial charge is 0.507 e. The van der Waals surface area contributed by atoms with Crippen LogP contribution in [0.5, 0.6) is 17.2 Å². The van der Waals surface area contributed by atoms with E-state index in [1.165, 1.54) is 13.0 Å². The van der Waals surface area contributed by atoms with Crippen molar-refractivity contribution >= 4 is 11.8 Å². The van der Waals surface area contributed by atoms with Crippen molar-refractivity contribution in [1.29, 1.82) is 0 Å². The lowest BCUT2D eigenvalue weighted by Crippen LogP contribution is -2.65. The van der Waals surface area contributed by atoms with E-state index in [4.69, 9.17) is 28.4 Å². The average Bonchev–Trinajstić information content (AvgIpc) is 2.97. The Morgan fingerprint density at radius 3 is 2.35 bits per heavy atom. The van der Waals surface area contributed by atoms with Gasteiger partial charge in [0.1, 0.15) is 59.4 Å². The molecule has 0 spiro atoms. The van der Waals surface area contributed by atoms with Crippen molar-refractivity contribution in [2.75, 3.05) is 6.61 Å². The van der Waals surface area contributed by atoms with E-state index in [0.29, 0.717) is 0 Å². The number of esters is 1. The summed E-state index contributed by atoms with van der Waals surface area (Å²) in [4.78, 5) is 24.5. The molecule has 3 heterocycles. The Morgan fingerprint density at radius 1 is 0.953 bits per heavy atom. The molecule has 0 aliphatic carbocycles. The van der Waals surface area contributed by atoms with Gasteiger partial charge in [0.15, 0.2) is 24.3 Å². The number of carbonyl (C=O) groups excluding carboxylic acids is 2. The van der Waals surface area contributed by atoms with Gasteiger partial charge >= 0.3 is 5.97 Å². The number of benzene rings is 2. The first-order valence-corrected chi connectivity index (χ1v) is 13.7. The summed E-state index contributed by atoms with van der Waals surface area (Å²) in [5.41, 5.74) is 0.708. The van der Waals surface area contributed by atoms with Crippen LogP contribution in [0.1, 0.15) is 42.3 Å². The molecular weight excluding hydrogens is 572 g/mol. The lowest BCUT2D eigenvalue weighted by molar-refractivity contribution is -0.355. The average molecular weight is 607 g/mol. The van der Waals surface area contributed by atoms with Crippen LogP contribution in [-0.2, 0) is 23.7 Å². The van der Waals surface area contributed by atoms with Gasteiger partial charge in [0.25, 0.3) is 0 Å². The van der Waals surface area contributed by atoms with E-state index in [-0.39, 0.29) is 29.3 Å². The van der Waals surface area contributed by atoms with Crippen LogP contribution in [0.15, 0.2) is 42.5 Å². The third kappa shape index (κ3) is 6.32.